The summed E-state index contributed by atoms with van der Waals surface area (Å²) in [6.07, 6.45) is 5.69. The molecule has 0 saturated heterocycles. The van der Waals surface area contributed by atoms with Gasteiger partial charge in [-0.3, -0.25) is 18.5 Å². The van der Waals surface area contributed by atoms with Crippen molar-refractivity contribution in [2.75, 3.05) is 19.5 Å². The highest BCUT2D eigenvalue weighted by Gasteiger charge is 2.23. The number of nitrogens with zero attached hydrogens (tertiary/aromatic N) is 4. The first-order chi connectivity index (χ1) is 14.9. The summed E-state index contributed by atoms with van der Waals surface area (Å²) in [5.74, 6) is 1.97. The number of hydrogen-bond acceptors (Lipinski definition) is 6. The molecule has 1 fully saturated rings. The number of ether oxygens (including phenoxy) is 2. The predicted molar refractivity (Wildman–Crippen MR) is 119 cm³/mol. The molecule has 0 radical (unpaired) electrons. The molecule has 0 unspecified atom stereocenters. The van der Waals surface area contributed by atoms with Crippen molar-refractivity contribution >= 4 is 17.1 Å². The second kappa shape index (κ2) is 8.49. The van der Waals surface area contributed by atoms with E-state index in [0.717, 1.165) is 23.0 Å². The molecule has 4 rings (SSSR count). The third-order valence-corrected chi connectivity index (χ3v) is 6.10. The summed E-state index contributed by atoms with van der Waals surface area (Å²) in [4.78, 5) is 30.3. The quantitative estimate of drug-likeness (QED) is 0.649. The largest absolute Gasteiger partial charge is 0.497 e. The second-order valence-electron chi connectivity index (χ2n) is 8.06. The fourth-order valence-corrected chi connectivity index (χ4v) is 4.32. The van der Waals surface area contributed by atoms with Crippen LogP contribution in [-0.2, 0) is 20.6 Å². The highest BCUT2D eigenvalue weighted by Crippen LogP contribution is 2.28. The van der Waals surface area contributed by atoms with E-state index in [1.807, 2.05) is 22.8 Å². The number of benzene rings is 1. The van der Waals surface area contributed by atoms with E-state index in [1.165, 1.54) is 30.9 Å². The van der Waals surface area contributed by atoms with Crippen LogP contribution >= 0.6 is 0 Å². The average molecular weight is 428 g/mol. The van der Waals surface area contributed by atoms with Gasteiger partial charge in [-0.15, -0.1) is 0 Å². The molecule has 3 aromatic rings. The van der Waals surface area contributed by atoms with Crippen molar-refractivity contribution in [3.63, 3.8) is 0 Å². The van der Waals surface area contributed by atoms with Gasteiger partial charge in [0.2, 0.25) is 5.95 Å². The first-order valence-electron chi connectivity index (χ1n) is 10.6. The maximum atomic E-state index is 13.1. The maximum absolute atomic E-state index is 13.1. The lowest BCUT2D eigenvalue weighted by molar-refractivity contribution is 0.397. The van der Waals surface area contributed by atoms with Gasteiger partial charge in [-0.2, -0.15) is 4.98 Å². The highest BCUT2D eigenvalue weighted by atomic mass is 16.5. The van der Waals surface area contributed by atoms with Gasteiger partial charge in [0, 0.05) is 25.7 Å². The molecule has 1 aliphatic rings. The molecule has 0 atom stereocenters. The molecule has 31 heavy (non-hydrogen) atoms. The molecule has 1 saturated carbocycles. The number of aryl methyl sites for hydroxylation is 1. The molecular formula is C22H29N5O4. The number of anilines is 1. The Morgan fingerprint density at radius 2 is 1.81 bits per heavy atom. The predicted octanol–water partition coefficient (Wildman–Crippen LogP) is 2.24. The lowest BCUT2D eigenvalue weighted by Gasteiger charge is -2.24. The van der Waals surface area contributed by atoms with E-state index in [9.17, 15) is 9.59 Å². The van der Waals surface area contributed by atoms with Crippen molar-refractivity contribution < 1.29 is 9.47 Å². The second-order valence-corrected chi connectivity index (χ2v) is 8.06. The standard InChI is InChI=1S/C22H29N5O4/c1-25-19-18(20(28)26(2)22(25)29)27(21(24-19)23-15-8-6-5-7-9-15)13-14-12-16(30-3)10-11-17(14)31-4/h10-12,15H,5-9,13H2,1-4H3,(H,23,24). The zero-order valence-electron chi connectivity index (χ0n) is 18.5. The number of nitrogens with one attached hydrogen (secondary N) is 1. The van der Waals surface area contributed by atoms with Gasteiger partial charge < -0.3 is 14.8 Å². The summed E-state index contributed by atoms with van der Waals surface area (Å²) in [5.41, 5.74) is 0.833. The van der Waals surface area contributed by atoms with Crippen LogP contribution in [-0.4, -0.2) is 38.9 Å². The first-order valence-corrected chi connectivity index (χ1v) is 10.6. The SMILES string of the molecule is COc1ccc(OC)c(Cn2c(NC3CCCCC3)nc3c2c(=O)n(C)c(=O)n3C)c1. The summed E-state index contributed by atoms with van der Waals surface area (Å²) >= 11 is 0. The van der Waals surface area contributed by atoms with E-state index in [2.05, 4.69) is 5.32 Å². The average Bonchev–Trinajstić information content (AvgIpc) is 3.14. The molecule has 9 heteroatoms. The highest BCUT2D eigenvalue weighted by molar-refractivity contribution is 5.74. The van der Waals surface area contributed by atoms with Crippen LogP contribution in [0.4, 0.5) is 5.95 Å². The Hall–Kier alpha value is -3.23. The van der Waals surface area contributed by atoms with Gasteiger partial charge in [-0.05, 0) is 31.0 Å². The molecule has 166 valence electrons. The van der Waals surface area contributed by atoms with Gasteiger partial charge in [-0.25, -0.2) is 4.79 Å². The number of imidazole rings is 1. The molecule has 9 nitrogen and oxygen atoms in total. The van der Waals surface area contributed by atoms with Gasteiger partial charge in [0.1, 0.15) is 11.5 Å². The Labute approximate surface area is 180 Å². The molecule has 1 N–H and O–H groups in total. The van der Waals surface area contributed by atoms with Gasteiger partial charge in [0.15, 0.2) is 11.2 Å². The van der Waals surface area contributed by atoms with E-state index in [1.54, 1.807) is 21.3 Å². The molecule has 1 aliphatic carbocycles. The lowest BCUT2D eigenvalue weighted by atomic mass is 9.96. The molecule has 0 aliphatic heterocycles. The van der Waals surface area contributed by atoms with Crippen LogP contribution < -0.4 is 26.0 Å². The lowest BCUT2D eigenvalue weighted by Crippen LogP contribution is -2.37. The molecular weight excluding hydrogens is 398 g/mol. The first kappa shape index (κ1) is 21.0. The number of rotatable bonds is 6. The summed E-state index contributed by atoms with van der Waals surface area (Å²) in [5, 5.41) is 3.53. The van der Waals surface area contributed by atoms with Gasteiger partial charge >= 0.3 is 5.69 Å². The van der Waals surface area contributed by atoms with E-state index in [0.29, 0.717) is 35.2 Å². The molecule has 2 aromatic heterocycles. The molecule has 0 amide bonds. The van der Waals surface area contributed by atoms with Crippen LogP contribution in [0.2, 0.25) is 0 Å². The van der Waals surface area contributed by atoms with Crippen molar-refractivity contribution in [1.82, 2.24) is 18.7 Å². The summed E-state index contributed by atoms with van der Waals surface area (Å²) < 4.78 is 15.3. The van der Waals surface area contributed by atoms with Crippen LogP contribution in [0, 0.1) is 0 Å². The summed E-state index contributed by atoms with van der Waals surface area (Å²) in [6, 6.07) is 5.85. The number of fused-ring (bicyclic) bond motifs is 1. The fourth-order valence-electron chi connectivity index (χ4n) is 4.32. The smallest absolute Gasteiger partial charge is 0.332 e. The van der Waals surface area contributed by atoms with Gasteiger partial charge in [-0.1, -0.05) is 19.3 Å². The normalized spacial score (nSPS) is 14.7. The van der Waals surface area contributed by atoms with Crippen LogP contribution in [0.3, 0.4) is 0 Å². The zero-order chi connectivity index (χ0) is 22.1. The summed E-state index contributed by atoms with van der Waals surface area (Å²) in [6.45, 7) is 0.347. The van der Waals surface area contributed by atoms with Crippen LogP contribution in [0.5, 0.6) is 11.5 Å². The minimum atomic E-state index is -0.398. The Morgan fingerprint density at radius 1 is 1.06 bits per heavy atom. The minimum Gasteiger partial charge on any atom is -0.497 e. The number of hydrogen-bond donors (Lipinski definition) is 1. The molecule has 1 aromatic carbocycles. The molecule has 0 bridgehead atoms. The topological polar surface area (TPSA) is 92.3 Å². The third-order valence-electron chi connectivity index (χ3n) is 6.10. The van der Waals surface area contributed by atoms with Crippen molar-refractivity contribution in [1.29, 1.82) is 0 Å². The number of aromatic nitrogens is 4. The van der Waals surface area contributed by atoms with E-state index >= 15 is 0 Å². The Morgan fingerprint density at radius 3 is 2.48 bits per heavy atom. The maximum Gasteiger partial charge on any atom is 0.332 e. The molecule has 2 heterocycles. The Balaban J connectivity index is 1.90. The van der Waals surface area contributed by atoms with Crippen molar-refractivity contribution in [2.24, 2.45) is 14.1 Å². The van der Waals surface area contributed by atoms with E-state index < -0.39 is 5.69 Å². The zero-order valence-corrected chi connectivity index (χ0v) is 18.5. The van der Waals surface area contributed by atoms with Crippen molar-refractivity contribution in [3.8, 4) is 11.5 Å². The van der Waals surface area contributed by atoms with E-state index in [4.69, 9.17) is 14.5 Å². The third kappa shape index (κ3) is 3.80. The fraction of sp³-hybridized carbons (Fsp3) is 0.500. The van der Waals surface area contributed by atoms with E-state index in [-0.39, 0.29) is 11.6 Å². The van der Waals surface area contributed by atoms with Gasteiger partial charge in [0.05, 0.1) is 20.8 Å². The number of methoxy groups -OCH3 is 2. The minimum absolute atomic E-state index is 0.289. The van der Waals surface area contributed by atoms with Crippen molar-refractivity contribution in [3.05, 3.63) is 44.6 Å². The van der Waals surface area contributed by atoms with Crippen molar-refractivity contribution in [2.45, 2.75) is 44.7 Å². The molecule has 0 spiro atoms. The Bertz CT molecular complexity index is 1220. The van der Waals surface area contributed by atoms with Crippen LogP contribution in [0.1, 0.15) is 37.7 Å². The monoisotopic (exact) mass is 427 g/mol. The summed E-state index contributed by atoms with van der Waals surface area (Å²) in [7, 11) is 6.35. The van der Waals surface area contributed by atoms with Gasteiger partial charge in [0.25, 0.3) is 5.56 Å². The van der Waals surface area contributed by atoms with Crippen LogP contribution in [0.15, 0.2) is 27.8 Å². The Kier molecular flexibility index (Phi) is 5.75. The van der Waals surface area contributed by atoms with Crippen LogP contribution in [0.25, 0.3) is 11.2 Å².